The van der Waals surface area contributed by atoms with Gasteiger partial charge in [0.25, 0.3) is 0 Å². The van der Waals surface area contributed by atoms with Gasteiger partial charge in [0.2, 0.25) is 10.0 Å². The van der Waals surface area contributed by atoms with Crippen LogP contribution in [0.25, 0.3) is 0 Å². The summed E-state index contributed by atoms with van der Waals surface area (Å²) in [6, 6.07) is 6.89. The molecule has 20 heavy (non-hydrogen) atoms. The summed E-state index contributed by atoms with van der Waals surface area (Å²) in [7, 11) is -3.50. The number of nitrogens with one attached hydrogen (secondary N) is 1. The van der Waals surface area contributed by atoms with Crippen molar-refractivity contribution in [2.45, 2.75) is 38.3 Å². The molecule has 0 fully saturated rings. The number of rotatable bonds is 5. The predicted molar refractivity (Wildman–Crippen MR) is 77.9 cm³/mol. The molecule has 1 N–H and O–H groups in total. The van der Waals surface area contributed by atoms with E-state index in [1.165, 1.54) is 0 Å². The molecule has 0 bridgehead atoms. The van der Waals surface area contributed by atoms with E-state index in [2.05, 4.69) is 9.82 Å². The smallest absolute Gasteiger partial charge is 0.241 e. The van der Waals surface area contributed by atoms with Crippen LogP contribution >= 0.6 is 0 Å². The van der Waals surface area contributed by atoms with E-state index < -0.39 is 10.0 Å². The summed E-state index contributed by atoms with van der Waals surface area (Å²) in [5.74, 6) is 0. The van der Waals surface area contributed by atoms with Crippen molar-refractivity contribution in [3.63, 3.8) is 0 Å². The fourth-order valence-electron chi connectivity index (χ4n) is 2.16. The third-order valence-electron chi connectivity index (χ3n) is 3.00. The monoisotopic (exact) mass is 293 g/mol. The molecule has 1 unspecified atom stereocenters. The molecule has 2 aromatic rings. The van der Waals surface area contributed by atoms with E-state index in [-0.39, 0.29) is 6.04 Å². The quantitative estimate of drug-likeness (QED) is 0.915. The highest BCUT2D eigenvalue weighted by molar-refractivity contribution is 7.89. The highest BCUT2D eigenvalue weighted by Crippen LogP contribution is 2.16. The Morgan fingerprint density at radius 3 is 2.70 bits per heavy atom. The Balaban J connectivity index is 2.14. The lowest BCUT2D eigenvalue weighted by Gasteiger charge is -2.15. The maximum absolute atomic E-state index is 12.4. The maximum atomic E-state index is 12.4. The molecule has 0 aliphatic rings. The van der Waals surface area contributed by atoms with Gasteiger partial charge in [-0.25, -0.2) is 13.1 Å². The minimum Gasteiger partial charge on any atom is -0.271 e. The second kappa shape index (κ2) is 5.76. The van der Waals surface area contributed by atoms with E-state index in [1.807, 2.05) is 32.2 Å². The lowest BCUT2D eigenvalue weighted by atomic mass is 10.2. The number of aromatic nitrogens is 2. The summed E-state index contributed by atoms with van der Waals surface area (Å²) in [4.78, 5) is 0.329. The Kier molecular flexibility index (Phi) is 4.25. The molecule has 2 rings (SSSR count). The number of sulfonamides is 1. The van der Waals surface area contributed by atoms with E-state index >= 15 is 0 Å². The minimum absolute atomic E-state index is 0.236. The zero-order valence-corrected chi connectivity index (χ0v) is 12.7. The third kappa shape index (κ3) is 3.46. The van der Waals surface area contributed by atoms with Crippen LogP contribution in [0.1, 0.15) is 18.1 Å². The largest absolute Gasteiger partial charge is 0.271 e. The third-order valence-corrected chi connectivity index (χ3v) is 4.75. The molecule has 1 aromatic heterocycles. The van der Waals surface area contributed by atoms with Crippen molar-refractivity contribution in [3.8, 4) is 0 Å². The van der Waals surface area contributed by atoms with Crippen LogP contribution in [0.2, 0.25) is 0 Å². The van der Waals surface area contributed by atoms with Crippen LogP contribution in [0.15, 0.2) is 41.6 Å². The molecule has 0 aliphatic heterocycles. The van der Waals surface area contributed by atoms with Gasteiger partial charge in [0, 0.05) is 18.4 Å². The van der Waals surface area contributed by atoms with Crippen LogP contribution in [0.5, 0.6) is 0 Å². The normalized spacial score (nSPS) is 13.3. The lowest BCUT2D eigenvalue weighted by molar-refractivity contribution is 0.493. The highest BCUT2D eigenvalue weighted by Gasteiger charge is 2.19. The summed E-state index contributed by atoms with van der Waals surface area (Å²) < 4.78 is 29.1. The molecule has 0 radical (unpaired) electrons. The molecule has 1 atom stereocenters. The zero-order chi connectivity index (χ0) is 14.8. The SMILES string of the molecule is Cc1ccc(S(=O)(=O)NC(C)Cn2cccn2)c(C)c1. The lowest BCUT2D eigenvalue weighted by Crippen LogP contribution is -2.36. The van der Waals surface area contributed by atoms with Crippen molar-refractivity contribution in [3.05, 3.63) is 47.8 Å². The van der Waals surface area contributed by atoms with Gasteiger partial charge < -0.3 is 0 Å². The number of nitrogens with zero attached hydrogens (tertiary/aromatic N) is 2. The number of benzene rings is 1. The molecule has 1 heterocycles. The van der Waals surface area contributed by atoms with Gasteiger partial charge >= 0.3 is 0 Å². The maximum Gasteiger partial charge on any atom is 0.241 e. The Morgan fingerprint density at radius 1 is 1.35 bits per heavy atom. The fourth-order valence-corrected chi connectivity index (χ4v) is 3.62. The topological polar surface area (TPSA) is 64.0 Å². The first-order valence-electron chi connectivity index (χ1n) is 6.45. The van der Waals surface area contributed by atoms with Crippen molar-refractivity contribution in [2.24, 2.45) is 0 Å². The van der Waals surface area contributed by atoms with Gasteiger partial charge in [-0.15, -0.1) is 0 Å². The van der Waals surface area contributed by atoms with Crippen LogP contribution in [-0.4, -0.2) is 24.2 Å². The summed E-state index contributed by atoms with van der Waals surface area (Å²) in [5.41, 5.74) is 1.80. The Hall–Kier alpha value is -1.66. The van der Waals surface area contributed by atoms with Crippen LogP contribution in [-0.2, 0) is 16.6 Å². The van der Waals surface area contributed by atoms with Gasteiger partial charge in [-0.2, -0.15) is 5.10 Å². The van der Waals surface area contributed by atoms with E-state index in [0.717, 1.165) is 11.1 Å². The predicted octanol–water partition coefficient (Wildman–Crippen LogP) is 1.87. The molecule has 108 valence electrons. The van der Waals surface area contributed by atoms with Gasteiger partial charge in [0.15, 0.2) is 0 Å². The fraction of sp³-hybridized carbons (Fsp3) is 0.357. The van der Waals surface area contributed by atoms with Crippen LogP contribution in [0.3, 0.4) is 0 Å². The average molecular weight is 293 g/mol. The summed E-state index contributed by atoms with van der Waals surface area (Å²) in [6.45, 7) is 6.07. The summed E-state index contributed by atoms with van der Waals surface area (Å²) in [6.07, 6.45) is 3.48. The second-order valence-electron chi connectivity index (χ2n) is 5.02. The first-order chi connectivity index (χ1) is 9.38. The average Bonchev–Trinajstić information content (AvgIpc) is 2.79. The Morgan fingerprint density at radius 2 is 2.10 bits per heavy atom. The Bertz CT molecular complexity index is 678. The first-order valence-corrected chi connectivity index (χ1v) is 7.94. The number of hydrogen-bond acceptors (Lipinski definition) is 3. The van der Waals surface area contributed by atoms with Gasteiger partial charge in [0.1, 0.15) is 0 Å². The van der Waals surface area contributed by atoms with Crippen molar-refractivity contribution in [1.29, 1.82) is 0 Å². The van der Waals surface area contributed by atoms with E-state index in [0.29, 0.717) is 11.4 Å². The molecule has 0 aliphatic carbocycles. The van der Waals surface area contributed by atoms with Crippen molar-refractivity contribution >= 4 is 10.0 Å². The molecule has 0 saturated carbocycles. The zero-order valence-electron chi connectivity index (χ0n) is 11.9. The molecule has 0 saturated heterocycles. The molecule has 6 heteroatoms. The van der Waals surface area contributed by atoms with E-state index in [1.54, 1.807) is 29.9 Å². The van der Waals surface area contributed by atoms with Gasteiger partial charge in [-0.3, -0.25) is 4.68 Å². The molecular formula is C14H19N3O2S. The van der Waals surface area contributed by atoms with Gasteiger partial charge in [-0.1, -0.05) is 17.7 Å². The number of aryl methyl sites for hydroxylation is 2. The molecule has 0 spiro atoms. The highest BCUT2D eigenvalue weighted by atomic mass is 32.2. The van der Waals surface area contributed by atoms with Crippen molar-refractivity contribution in [1.82, 2.24) is 14.5 Å². The molecule has 5 nitrogen and oxygen atoms in total. The van der Waals surface area contributed by atoms with Crippen molar-refractivity contribution in [2.75, 3.05) is 0 Å². The first kappa shape index (κ1) is 14.7. The summed E-state index contributed by atoms with van der Waals surface area (Å²) in [5, 5.41) is 4.07. The molecular weight excluding hydrogens is 274 g/mol. The van der Waals surface area contributed by atoms with Gasteiger partial charge in [-0.05, 0) is 38.5 Å². The van der Waals surface area contributed by atoms with Crippen molar-refractivity contribution < 1.29 is 8.42 Å². The van der Waals surface area contributed by atoms with E-state index in [9.17, 15) is 8.42 Å². The van der Waals surface area contributed by atoms with E-state index in [4.69, 9.17) is 0 Å². The second-order valence-corrected chi connectivity index (χ2v) is 6.70. The molecule has 0 amide bonds. The molecule has 1 aromatic carbocycles. The standard InChI is InChI=1S/C14H19N3O2S/c1-11-5-6-14(12(2)9-11)20(18,19)16-13(3)10-17-8-4-7-15-17/h4-9,13,16H,10H2,1-3H3. The van der Waals surface area contributed by atoms with Crippen LogP contribution < -0.4 is 4.72 Å². The number of hydrogen-bond donors (Lipinski definition) is 1. The van der Waals surface area contributed by atoms with Crippen LogP contribution in [0.4, 0.5) is 0 Å². The van der Waals surface area contributed by atoms with Crippen LogP contribution in [0, 0.1) is 13.8 Å². The summed E-state index contributed by atoms with van der Waals surface area (Å²) >= 11 is 0. The minimum atomic E-state index is -3.50. The van der Waals surface area contributed by atoms with Gasteiger partial charge in [0.05, 0.1) is 11.4 Å². The Labute approximate surface area is 119 Å².